The molecule has 0 N–H and O–H groups in total. The van der Waals surface area contributed by atoms with Crippen molar-refractivity contribution in [1.82, 2.24) is 4.90 Å². The summed E-state index contributed by atoms with van der Waals surface area (Å²) in [5.41, 5.74) is 1.02. The Labute approximate surface area is 143 Å². The molecule has 6 nitrogen and oxygen atoms in total. The van der Waals surface area contributed by atoms with E-state index in [4.69, 9.17) is 0 Å². The Morgan fingerprint density at radius 1 is 1.25 bits per heavy atom. The van der Waals surface area contributed by atoms with Gasteiger partial charge >= 0.3 is 0 Å². The number of nitrogens with zero attached hydrogens (tertiary/aromatic N) is 3. The Morgan fingerprint density at radius 2 is 1.83 bits per heavy atom. The molecule has 1 aliphatic rings. The Morgan fingerprint density at radius 3 is 2.33 bits per heavy atom. The fourth-order valence-electron chi connectivity index (χ4n) is 3.62. The van der Waals surface area contributed by atoms with Gasteiger partial charge in [0, 0.05) is 37.8 Å². The molecule has 132 valence electrons. The van der Waals surface area contributed by atoms with Crippen LogP contribution in [0.25, 0.3) is 0 Å². The maximum Gasteiger partial charge on any atom is 0.293 e. The van der Waals surface area contributed by atoms with Gasteiger partial charge in [-0.3, -0.25) is 14.9 Å². The minimum atomic E-state index is -0.377. The number of nitro groups is 1. The van der Waals surface area contributed by atoms with Gasteiger partial charge in [0.15, 0.2) is 0 Å². The van der Waals surface area contributed by atoms with E-state index in [0.717, 1.165) is 19.5 Å². The van der Waals surface area contributed by atoms with E-state index >= 15 is 0 Å². The molecule has 2 atom stereocenters. The molecule has 0 saturated carbocycles. The molecular weight excluding hydrogens is 306 g/mol. The molecule has 0 bridgehead atoms. The lowest BCUT2D eigenvalue weighted by atomic mass is 9.91. The molecule has 1 aromatic rings. The average Bonchev–Trinajstić information content (AvgIpc) is 2.54. The van der Waals surface area contributed by atoms with Crippen LogP contribution < -0.4 is 4.90 Å². The molecule has 1 heterocycles. The number of hydrogen-bond acceptors (Lipinski definition) is 4. The zero-order chi connectivity index (χ0) is 17.9. The van der Waals surface area contributed by atoms with Crippen molar-refractivity contribution >= 4 is 17.3 Å². The van der Waals surface area contributed by atoms with Gasteiger partial charge in [-0.2, -0.15) is 0 Å². The quantitative estimate of drug-likeness (QED) is 0.610. The Bertz CT molecular complexity index is 604. The Kier molecular flexibility index (Phi) is 5.80. The standard InChI is InChI=1S/C18H27N3O3/c1-5-19(6-2)18(22)15-7-8-16(17(10-15)21(23)24)20-11-13(3)9-14(4)12-20/h7-8,10,13-14H,5-6,9,11-12H2,1-4H3. The number of amides is 1. The van der Waals surface area contributed by atoms with Crippen LogP contribution in [0, 0.1) is 22.0 Å². The van der Waals surface area contributed by atoms with Gasteiger partial charge in [-0.05, 0) is 44.2 Å². The third-order valence-corrected chi connectivity index (χ3v) is 4.68. The predicted molar refractivity (Wildman–Crippen MR) is 95.5 cm³/mol. The lowest BCUT2D eigenvalue weighted by Gasteiger charge is -2.36. The number of rotatable bonds is 5. The summed E-state index contributed by atoms with van der Waals surface area (Å²) in [6.07, 6.45) is 1.14. The lowest BCUT2D eigenvalue weighted by molar-refractivity contribution is -0.384. The summed E-state index contributed by atoms with van der Waals surface area (Å²) < 4.78 is 0. The van der Waals surface area contributed by atoms with Crippen LogP contribution in [-0.4, -0.2) is 41.9 Å². The van der Waals surface area contributed by atoms with Crippen molar-refractivity contribution in [2.24, 2.45) is 11.8 Å². The molecule has 0 aliphatic carbocycles. The fraction of sp³-hybridized carbons (Fsp3) is 0.611. The van der Waals surface area contributed by atoms with Crippen LogP contribution in [0.3, 0.4) is 0 Å². The highest BCUT2D eigenvalue weighted by Gasteiger charge is 2.28. The number of hydrogen-bond donors (Lipinski definition) is 0. The van der Waals surface area contributed by atoms with Crippen LogP contribution in [0.15, 0.2) is 18.2 Å². The van der Waals surface area contributed by atoms with Crippen LogP contribution >= 0.6 is 0 Å². The van der Waals surface area contributed by atoms with Gasteiger partial charge in [0.25, 0.3) is 11.6 Å². The summed E-state index contributed by atoms with van der Waals surface area (Å²) in [6, 6.07) is 4.88. The zero-order valence-corrected chi connectivity index (χ0v) is 15.0. The van der Waals surface area contributed by atoms with Crippen LogP contribution in [0.1, 0.15) is 44.5 Å². The SMILES string of the molecule is CCN(CC)C(=O)c1ccc(N2CC(C)CC(C)C2)c([N+](=O)[O-])c1. The number of benzene rings is 1. The molecule has 0 radical (unpaired) electrons. The zero-order valence-electron chi connectivity index (χ0n) is 15.0. The highest BCUT2D eigenvalue weighted by molar-refractivity contribution is 5.95. The second-order valence-corrected chi connectivity index (χ2v) is 6.79. The Balaban J connectivity index is 2.37. The van der Waals surface area contributed by atoms with E-state index in [2.05, 4.69) is 18.7 Å². The van der Waals surface area contributed by atoms with Crippen molar-refractivity contribution in [3.63, 3.8) is 0 Å². The normalized spacial score (nSPS) is 20.8. The van der Waals surface area contributed by atoms with E-state index in [9.17, 15) is 14.9 Å². The van der Waals surface area contributed by atoms with Crippen molar-refractivity contribution in [3.8, 4) is 0 Å². The van der Waals surface area contributed by atoms with Crippen molar-refractivity contribution in [2.75, 3.05) is 31.1 Å². The first-order valence-corrected chi connectivity index (χ1v) is 8.69. The Hall–Kier alpha value is -2.11. The molecule has 0 aromatic heterocycles. The van der Waals surface area contributed by atoms with Gasteiger partial charge in [0.2, 0.25) is 0 Å². The molecule has 2 rings (SSSR count). The molecule has 1 fully saturated rings. The fourth-order valence-corrected chi connectivity index (χ4v) is 3.62. The minimum absolute atomic E-state index is 0.0225. The van der Waals surface area contributed by atoms with Crippen LogP contribution in [0.2, 0.25) is 0 Å². The molecule has 1 amide bonds. The number of nitro benzene ring substituents is 1. The van der Waals surface area contributed by atoms with E-state index in [0.29, 0.717) is 36.2 Å². The predicted octanol–water partition coefficient (Wildman–Crippen LogP) is 3.56. The lowest BCUT2D eigenvalue weighted by Crippen LogP contribution is -2.39. The minimum Gasteiger partial charge on any atom is -0.365 e. The summed E-state index contributed by atoms with van der Waals surface area (Å²) in [4.78, 5) is 27.4. The van der Waals surface area contributed by atoms with Gasteiger partial charge in [-0.1, -0.05) is 13.8 Å². The number of carbonyl (C=O) groups is 1. The van der Waals surface area contributed by atoms with Gasteiger partial charge in [-0.15, -0.1) is 0 Å². The third kappa shape index (κ3) is 3.86. The number of anilines is 1. The summed E-state index contributed by atoms with van der Waals surface area (Å²) in [5.74, 6) is 0.853. The third-order valence-electron chi connectivity index (χ3n) is 4.68. The molecule has 1 aliphatic heterocycles. The van der Waals surface area contributed by atoms with Crippen LogP contribution in [0.4, 0.5) is 11.4 Å². The van der Waals surface area contributed by atoms with E-state index in [1.54, 1.807) is 17.0 Å². The summed E-state index contributed by atoms with van der Waals surface area (Å²) in [6.45, 7) is 11.0. The van der Waals surface area contributed by atoms with E-state index in [1.165, 1.54) is 6.07 Å². The van der Waals surface area contributed by atoms with E-state index in [1.807, 2.05) is 13.8 Å². The van der Waals surface area contributed by atoms with Crippen molar-refractivity contribution in [2.45, 2.75) is 34.1 Å². The van der Waals surface area contributed by atoms with Crippen molar-refractivity contribution in [1.29, 1.82) is 0 Å². The van der Waals surface area contributed by atoms with Crippen molar-refractivity contribution < 1.29 is 9.72 Å². The highest BCUT2D eigenvalue weighted by atomic mass is 16.6. The van der Waals surface area contributed by atoms with E-state index in [-0.39, 0.29) is 16.5 Å². The van der Waals surface area contributed by atoms with Gasteiger partial charge in [-0.25, -0.2) is 0 Å². The van der Waals surface area contributed by atoms with Crippen LogP contribution in [-0.2, 0) is 0 Å². The molecule has 0 spiro atoms. The topological polar surface area (TPSA) is 66.7 Å². The monoisotopic (exact) mass is 333 g/mol. The van der Waals surface area contributed by atoms with Gasteiger partial charge in [0.1, 0.15) is 5.69 Å². The first-order valence-electron chi connectivity index (χ1n) is 8.69. The summed E-state index contributed by atoms with van der Waals surface area (Å²) in [5, 5.41) is 11.6. The maximum absolute atomic E-state index is 12.5. The molecule has 24 heavy (non-hydrogen) atoms. The highest BCUT2D eigenvalue weighted by Crippen LogP contribution is 2.34. The molecule has 6 heteroatoms. The van der Waals surface area contributed by atoms with Gasteiger partial charge < -0.3 is 9.80 Å². The average molecular weight is 333 g/mol. The van der Waals surface area contributed by atoms with E-state index < -0.39 is 0 Å². The smallest absolute Gasteiger partial charge is 0.293 e. The number of piperidine rings is 1. The second-order valence-electron chi connectivity index (χ2n) is 6.79. The summed E-state index contributed by atoms with van der Waals surface area (Å²) in [7, 11) is 0. The summed E-state index contributed by atoms with van der Waals surface area (Å²) >= 11 is 0. The largest absolute Gasteiger partial charge is 0.365 e. The molecule has 1 saturated heterocycles. The molecule has 2 unspecified atom stereocenters. The maximum atomic E-state index is 12.5. The van der Waals surface area contributed by atoms with Crippen LogP contribution in [0.5, 0.6) is 0 Å². The van der Waals surface area contributed by atoms with Gasteiger partial charge in [0.05, 0.1) is 4.92 Å². The first-order chi connectivity index (χ1) is 11.4. The number of carbonyl (C=O) groups excluding carboxylic acids is 1. The first kappa shape index (κ1) is 18.2. The molecule has 1 aromatic carbocycles. The molecular formula is C18H27N3O3. The van der Waals surface area contributed by atoms with Crippen molar-refractivity contribution in [3.05, 3.63) is 33.9 Å². The second kappa shape index (κ2) is 7.64.